The molecule has 1 aromatic carbocycles. The molecule has 20 heavy (non-hydrogen) atoms. The van der Waals surface area contributed by atoms with Gasteiger partial charge in [-0.25, -0.2) is 8.42 Å². The first-order valence-electron chi connectivity index (χ1n) is 7.01. The third-order valence-corrected chi connectivity index (χ3v) is 6.73. The minimum atomic E-state index is -2.98. The SMILES string of the molecule is CS(=O)(=O)C1CCCC(C(O)CSc2ccccc2)C1. The third kappa shape index (κ3) is 4.50. The van der Waals surface area contributed by atoms with E-state index in [2.05, 4.69) is 0 Å². The smallest absolute Gasteiger partial charge is 0.150 e. The van der Waals surface area contributed by atoms with Gasteiger partial charge in [0.1, 0.15) is 9.84 Å². The highest BCUT2D eigenvalue weighted by atomic mass is 32.2. The maximum atomic E-state index is 11.6. The molecule has 0 heterocycles. The van der Waals surface area contributed by atoms with E-state index in [9.17, 15) is 13.5 Å². The molecule has 2 rings (SSSR count). The fraction of sp³-hybridized carbons (Fsp3) is 0.600. The third-order valence-electron chi connectivity index (χ3n) is 3.98. The zero-order valence-electron chi connectivity index (χ0n) is 11.7. The van der Waals surface area contributed by atoms with Gasteiger partial charge >= 0.3 is 0 Å². The van der Waals surface area contributed by atoms with Crippen LogP contribution in [0.5, 0.6) is 0 Å². The van der Waals surface area contributed by atoms with Crippen LogP contribution < -0.4 is 0 Å². The van der Waals surface area contributed by atoms with Crippen molar-refractivity contribution in [3.8, 4) is 0 Å². The van der Waals surface area contributed by atoms with Crippen molar-refractivity contribution in [2.75, 3.05) is 12.0 Å². The van der Waals surface area contributed by atoms with Crippen LogP contribution in [-0.2, 0) is 9.84 Å². The molecule has 1 aromatic rings. The van der Waals surface area contributed by atoms with E-state index < -0.39 is 15.9 Å². The first-order valence-corrected chi connectivity index (χ1v) is 9.95. The maximum absolute atomic E-state index is 11.6. The predicted molar refractivity (Wildman–Crippen MR) is 83.8 cm³/mol. The highest BCUT2D eigenvalue weighted by Crippen LogP contribution is 2.32. The van der Waals surface area contributed by atoms with Gasteiger partial charge in [-0.15, -0.1) is 11.8 Å². The number of hydrogen-bond donors (Lipinski definition) is 1. The summed E-state index contributed by atoms with van der Waals surface area (Å²) in [5.74, 6) is 0.741. The number of rotatable bonds is 5. The second kappa shape index (κ2) is 6.96. The van der Waals surface area contributed by atoms with Crippen molar-refractivity contribution in [2.24, 2.45) is 5.92 Å². The Bertz CT molecular complexity index is 513. The van der Waals surface area contributed by atoms with E-state index in [4.69, 9.17) is 0 Å². The zero-order chi connectivity index (χ0) is 14.6. The summed E-state index contributed by atoms with van der Waals surface area (Å²) in [4.78, 5) is 1.14. The average molecular weight is 314 g/mol. The van der Waals surface area contributed by atoms with Crippen LogP contribution in [0.2, 0.25) is 0 Å². The highest BCUT2D eigenvalue weighted by molar-refractivity contribution is 7.99. The molecule has 0 aliphatic heterocycles. The second-order valence-corrected chi connectivity index (χ2v) is 8.99. The number of thioether (sulfide) groups is 1. The molecule has 0 aromatic heterocycles. The predicted octanol–water partition coefficient (Wildman–Crippen LogP) is 2.74. The largest absolute Gasteiger partial charge is 0.392 e. The van der Waals surface area contributed by atoms with Gasteiger partial charge in [0.25, 0.3) is 0 Å². The Morgan fingerprint density at radius 1 is 1.30 bits per heavy atom. The van der Waals surface area contributed by atoms with E-state index in [1.54, 1.807) is 11.8 Å². The minimum Gasteiger partial charge on any atom is -0.392 e. The van der Waals surface area contributed by atoms with Crippen LogP contribution in [-0.4, -0.2) is 36.9 Å². The number of benzene rings is 1. The van der Waals surface area contributed by atoms with Gasteiger partial charge in [0.2, 0.25) is 0 Å². The molecule has 0 bridgehead atoms. The summed E-state index contributed by atoms with van der Waals surface area (Å²) in [7, 11) is -2.98. The quantitative estimate of drug-likeness (QED) is 0.849. The first kappa shape index (κ1) is 15.9. The lowest BCUT2D eigenvalue weighted by atomic mass is 9.85. The molecule has 1 aliphatic rings. The molecule has 112 valence electrons. The molecule has 3 unspecified atom stereocenters. The first-order chi connectivity index (χ1) is 9.47. The van der Waals surface area contributed by atoms with Crippen molar-refractivity contribution in [1.29, 1.82) is 0 Å². The monoisotopic (exact) mass is 314 g/mol. The van der Waals surface area contributed by atoms with Gasteiger partial charge in [-0.05, 0) is 37.3 Å². The van der Waals surface area contributed by atoms with Crippen LogP contribution in [0.3, 0.4) is 0 Å². The summed E-state index contributed by atoms with van der Waals surface area (Å²) in [6.07, 6.45) is 4.07. The number of hydrogen-bond acceptors (Lipinski definition) is 4. The molecule has 1 saturated carbocycles. The zero-order valence-corrected chi connectivity index (χ0v) is 13.4. The molecule has 1 aliphatic carbocycles. The number of sulfone groups is 1. The Kier molecular flexibility index (Phi) is 5.52. The van der Waals surface area contributed by atoms with Crippen LogP contribution in [0.15, 0.2) is 35.2 Å². The van der Waals surface area contributed by atoms with Crippen LogP contribution in [0, 0.1) is 5.92 Å². The summed E-state index contributed by atoms with van der Waals surface area (Å²) < 4.78 is 23.3. The van der Waals surface area contributed by atoms with E-state index in [0.29, 0.717) is 12.2 Å². The van der Waals surface area contributed by atoms with Gasteiger partial charge in [0, 0.05) is 16.9 Å². The Morgan fingerprint density at radius 2 is 2.00 bits per heavy atom. The number of aliphatic hydroxyl groups is 1. The summed E-state index contributed by atoms with van der Waals surface area (Å²) in [5.41, 5.74) is 0. The molecular formula is C15H22O3S2. The summed E-state index contributed by atoms with van der Waals surface area (Å²) >= 11 is 1.63. The molecule has 1 N–H and O–H groups in total. The molecule has 1 fully saturated rings. The molecule has 0 spiro atoms. The average Bonchev–Trinajstić information content (AvgIpc) is 2.45. The van der Waals surface area contributed by atoms with Crippen LogP contribution in [0.1, 0.15) is 25.7 Å². The van der Waals surface area contributed by atoms with E-state index in [1.165, 1.54) is 6.26 Å². The number of aliphatic hydroxyl groups excluding tert-OH is 1. The molecule has 3 nitrogen and oxygen atoms in total. The second-order valence-electron chi connectivity index (χ2n) is 5.57. The fourth-order valence-corrected chi connectivity index (χ4v) is 4.93. The summed E-state index contributed by atoms with van der Waals surface area (Å²) in [5, 5.41) is 10.0. The maximum Gasteiger partial charge on any atom is 0.150 e. The lowest BCUT2D eigenvalue weighted by molar-refractivity contribution is 0.106. The minimum absolute atomic E-state index is 0.111. The van der Waals surface area contributed by atoms with Crippen LogP contribution >= 0.6 is 11.8 Å². The Labute approximate surface area is 125 Å². The summed E-state index contributed by atoms with van der Waals surface area (Å²) in [6, 6.07) is 9.98. The summed E-state index contributed by atoms with van der Waals surface area (Å²) in [6.45, 7) is 0. The molecule has 0 radical (unpaired) electrons. The normalized spacial score (nSPS) is 25.3. The Hall–Kier alpha value is -0.520. The van der Waals surface area contributed by atoms with E-state index >= 15 is 0 Å². The molecule has 0 saturated heterocycles. The molecule has 3 atom stereocenters. The van der Waals surface area contributed by atoms with Crippen molar-refractivity contribution in [3.05, 3.63) is 30.3 Å². The van der Waals surface area contributed by atoms with Gasteiger partial charge in [-0.2, -0.15) is 0 Å². The van der Waals surface area contributed by atoms with Crippen molar-refractivity contribution < 1.29 is 13.5 Å². The van der Waals surface area contributed by atoms with Gasteiger partial charge in [0.05, 0.1) is 11.4 Å². The van der Waals surface area contributed by atoms with Crippen molar-refractivity contribution >= 4 is 21.6 Å². The van der Waals surface area contributed by atoms with Crippen molar-refractivity contribution in [3.63, 3.8) is 0 Å². The van der Waals surface area contributed by atoms with Gasteiger partial charge in [-0.1, -0.05) is 24.6 Å². The van der Waals surface area contributed by atoms with Crippen molar-refractivity contribution in [1.82, 2.24) is 0 Å². The standard InChI is InChI=1S/C15H22O3S2/c1-20(17,18)14-9-5-6-12(10-14)15(16)11-19-13-7-3-2-4-8-13/h2-4,7-8,12,14-16H,5-6,9-11H2,1H3. The highest BCUT2D eigenvalue weighted by Gasteiger charge is 2.32. The van der Waals surface area contributed by atoms with Crippen LogP contribution in [0.4, 0.5) is 0 Å². The molecule has 5 heteroatoms. The Morgan fingerprint density at radius 3 is 2.65 bits per heavy atom. The van der Waals surface area contributed by atoms with Gasteiger partial charge < -0.3 is 5.11 Å². The fourth-order valence-electron chi connectivity index (χ4n) is 2.75. The Balaban J connectivity index is 1.87. The van der Waals surface area contributed by atoms with Crippen LogP contribution in [0.25, 0.3) is 0 Å². The molecule has 0 amide bonds. The van der Waals surface area contributed by atoms with E-state index in [-0.39, 0.29) is 11.2 Å². The molecular weight excluding hydrogens is 292 g/mol. The van der Waals surface area contributed by atoms with Gasteiger partial charge in [-0.3, -0.25) is 0 Å². The topological polar surface area (TPSA) is 54.4 Å². The van der Waals surface area contributed by atoms with Crippen molar-refractivity contribution in [2.45, 2.75) is 41.9 Å². The van der Waals surface area contributed by atoms with E-state index in [1.807, 2.05) is 30.3 Å². The van der Waals surface area contributed by atoms with E-state index in [0.717, 1.165) is 24.2 Å². The lowest BCUT2D eigenvalue weighted by Gasteiger charge is -2.31. The van der Waals surface area contributed by atoms with Gasteiger partial charge in [0.15, 0.2) is 0 Å². The lowest BCUT2D eigenvalue weighted by Crippen LogP contribution is -2.34.